The largest absolute Gasteiger partial charge is 0.405 e. The minimum Gasteiger partial charge on any atom is -0.347 e. The summed E-state index contributed by atoms with van der Waals surface area (Å²) in [5, 5.41) is 3.30. The van der Waals surface area contributed by atoms with Crippen LogP contribution >= 0.6 is 0 Å². The maximum Gasteiger partial charge on any atom is 0.405 e. The summed E-state index contributed by atoms with van der Waals surface area (Å²) in [6.07, 6.45) is -1.07. The van der Waals surface area contributed by atoms with E-state index in [2.05, 4.69) is 17.2 Å². The molecule has 0 fully saturated rings. The van der Waals surface area contributed by atoms with Crippen LogP contribution in [0.4, 0.5) is 19.0 Å². The molecule has 1 aromatic heterocycles. The quantitative estimate of drug-likeness (QED) is 0.789. The molecule has 0 aromatic carbocycles. The molecule has 1 aromatic rings. The number of nitrogens with zero attached hydrogens (tertiary/aromatic N) is 2. The van der Waals surface area contributed by atoms with Crippen molar-refractivity contribution in [3.05, 3.63) is 23.9 Å². The van der Waals surface area contributed by atoms with Gasteiger partial charge >= 0.3 is 6.18 Å². The summed E-state index contributed by atoms with van der Waals surface area (Å²) in [5.74, 6) is 0.424. The van der Waals surface area contributed by atoms with E-state index in [0.717, 1.165) is 18.5 Å². The molecule has 1 unspecified atom stereocenters. The Balaban J connectivity index is 3.01. The van der Waals surface area contributed by atoms with Crippen molar-refractivity contribution in [2.45, 2.75) is 45.8 Å². The van der Waals surface area contributed by atoms with Gasteiger partial charge in [0.05, 0.1) is 0 Å². The van der Waals surface area contributed by atoms with Crippen molar-refractivity contribution in [2.75, 3.05) is 24.5 Å². The molecular weight excluding hydrogens is 279 g/mol. The molecule has 0 aliphatic heterocycles. The van der Waals surface area contributed by atoms with E-state index in [-0.39, 0.29) is 6.04 Å². The number of aromatic nitrogens is 1. The number of anilines is 1. The lowest BCUT2D eigenvalue weighted by molar-refractivity contribution is -0.119. The average molecular weight is 303 g/mol. The van der Waals surface area contributed by atoms with E-state index in [1.807, 2.05) is 19.9 Å². The molecule has 1 heterocycles. The molecule has 0 aliphatic carbocycles. The molecule has 6 heteroatoms. The first kappa shape index (κ1) is 17.8. The van der Waals surface area contributed by atoms with Gasteiger partial charge in [-0.3, -0.25) is 0 Å². The number of hydrogen-bond acceptors (Lipinski definition) is 3. The highest BCUT2D eigenvalue weighted by molar-refractivity contribution is 5.48. The van der Waals surface area contributed by atoms with Gasteiger partial charge in [0.2, 0.25) is 0 Å². The van der Waals surface area contributed by atoms with Gasteiger partial charge in [0.15, 0.2) is 0 Å². The highest BCUT2D eigenvalue weighted by Crippen LogP contribution is 2.27. The van der Waals surface area contributed by atoms with Gasteiger partial charge in [0.25, 0.3) is 0 Å². The molecule has 0 spiro atoms. The third-order valence-electron chi connectivity index (χ3n) is 3.15. The van der Waals surface area contributed by atoms with Gasteiger partial charge in [-0.1, -0.05) is 19.9 Å². The number of alkyl halides is 3. The van der Waals surface area contributed by atoms with E-state index < -0.39 is 12.7 Å². The molecule has 1 rings (SSSR count). The zero-order chi connectivity index (χ0) is 15.9. The van der Waals surface area contributed by atoms with Crippen molar-refractivity contribution in [1.29, 1.82) is 0 Å². The average Bonchev–Trinajstić information content (AvgIpc) is 2.43. The summed E-state index contributed by atoms with van der Waals surface area (Å²) in [4.78, 5) is 5.52. The summed E-state index contributed by atoms with van der Waals surface area (Å²) in [5.41, 5.74) is 0.809. The van der Waals surface area contributed by atoms with Gasteiger partial charge in [-0.05, 0) is 32.4 Å². The van der Waals surface area contributed by atoms with Crippen LogP contribution in [0.5, 0.6) is 0 Å². The Labute approximate surface area is 124 Å². The van der Waals surface area contributed by atoms with Crippen molar-refractivity contribution in [3.63, 3.8) is 0 Å². The lowest BCUT2D eigenvalue weighted by Gasteiger charge is -2.28. The van der Waals surface area contributed by atoms with Crippen LogP contribution in [0.15, 0.2) is 18.3 Å². The minimum atomic E-state index is -4.23. The van der Waals surface area contributed by atoms with Crippen molar-refractivity contribution in [1.82, 2.24) is 10.3 Å². The number of pyridine rings is 1. The summed E-state index contributed by atoms with van der Waals surface area (Å²) >= 11 is 0. The lowest BCUT2D eigenvalue weighted by Crippen LogP contribution is -2.36. The van der Waals surface area contributed by atoms with Crippen LogP contribution in [-0.4, -0.2) is 30.8 Å². The normalized spacial score (nSPS) is 13.2. The van der Waals surface area contributed by atoms with Crippen LogP contribution in [0.25, 0.3) is 0 Å². The summed E-state index contributed by atoms with van der Waals surface area (Å²) in [6.45, 7) is 6.06. The monoisotopic (exact) mass is 303 g/mol. The van der Waals surface area contributed by atoms with Crippen LogP contribution in [0.2, 0.25) is 0 Å². The van der Waals surface area contributed by atoms with Gasteiger partial charge in [-0.2, -0.15) is 13.2 Å². The Hall–Kier alpha value is -1.30. The van der Waals surface area contributed by atoms with Crippen molar-refractivity contribution < 1.29 is 13.2 Å². The van der Waals surface area contributed by atoms with Crippen LogP contribution in [0.1, 0.15) is 45.2 Å². The van der Waals surface area contributed by atoms with Crippen LogP contribution in [0, 0.1) is 0 Å². The first-order valence-electron chi connectivity index (χ1n) is 7.39. The fraction of sp³-hybridized carbons (Fsp3) is 0.667. The molecule has 120 valence electrons. The van der Waals surface area contributed by atoms with Gasteiger partial charge in [-0.15, -0.1) is 0 Å². The highest BCUT2D eigenvalue weighted by atomic mass is 19.4. The molecule has 0 aliphatic rings. The van der Waals surface area contributed by atoms with Gasteiger partial charge in [-0.25, -0.2) is 4.98 Å². The highest BCUT2D eigenvalue weighted by Gasteiger charge is 2.32. The molecular formula is C15H24F3N3. The number of halogens is 3. The van der Waals surface area contributed by atoms with E-state index in [9.17, 15) is 13.2 Å². The summed E-state index contributed by atoms with van der Waals surface area (Å²) in [7, 11) is 0. The Morgan fingerprint density at radius 3 is 2.57 bits per heavy atom. The SMILES string of the molecule is CCCNC(C)c1cccnc1N(CCC)CC(F)(F)F. The van der Waals surface area contributed by atoms with E-state index in [1.165, 1.54) is 4.90 Å². The molecule has 3 nitrogen and oxygen atoms in total. The van der Waals surface area contributed by atoms with Crippen molar-refractivity contribution >= 4 is 5.82 Å². The topological polar surface area (TPSA) is 28.2 Å². The number of hydrogen-bond donors (Lipinski definition) is 1. The third kappa shape index (κ3) is 5.91. The van der Waals surface area contributed by atoms with E-state index in [0.29, 0.717) is 18.8 Å². The Bertz CT molecular complexity index is 421. The van der Waals surface area contributed by atoms with E-state index in [1.54, 1.807) is 12.3 Å². The first-order chi connectivity index (χ1) is 9.89. The van der Waals surface area contributed by atoms with Crippen LogP contribution < -0.4 is 10.2 Å². The molecule has 0 amide bonds. The molecule has 0 saturated carbocycles. The minimum absolute atomic E-state index is 0.0266. The van der Waals surface area contributed by atoms with E-state index >= 15 is 0 Å². The predicted octanol–water partition coefficient (Wildman–Crippen LogP) is 3.92. The summed E-state index contributed by atoms with van der Waals surface area (Å²) in [6, 6.07) is 3.58. The van der Waals surface area contributed by atoms with E-state index in [4.69, 9.17) is 0 Å². The first-order valence-corrected chi connectivity index (χ1v) is 7.39. The molecule has 1 atom stereocenters. The fourth-order valence-corrected chi connectivity index (χ4v) is 2.23. The maximum absolute atomic E-state index is 12.8. The van der Waals surface area contributed by atoms with Gasteiger partial charge < -0.3 is 10.2 Å². The second-order valence-corrected chi connectivity index (χ2v) is 5.13. The molecule has 21 heavy (non-hydrogen) atoms. The molecule has 0 bridgehead atoms. The Morgan fingerprint density at radius 2 is 2.00 bits per heavy atom. The smallest absolute Gasteiger partial charge is 0.347 e. The lowest BCUT2D eigenvalue weighted by atomic mass is 10.1. The molecule has 0 saturated heterocycles. The zero-order valence-electron chi connectivity index (χ0n) is 12.9. The maximum atomic E-state index is 12.8. The molecule has 0 radical (unpaired) electrons. The van der Waals surface area contributed by atoms with Crippen LogP contribution in [0.3, 0.4) is 0 Å². The standard InChI is InChI=1S/C15H24F3N3/c1-4-8-19-12(3)13-7-6-9-20-14(13)21(10-5-2)11-15(16,17)18/h6-7,9,12,19H,4-5,8,10-11H2,1-3H3. The van der Waals surface area contributed by atoms with Gasteiger partial charge in [0.1, 0.15) is 12.4 Å². The zero-order valence-corrected chi connectivity index (χ0v) is 12.9. The third-order valence-corrected chi connectivity index (χ3v) is 3.15. The number of rotatable bonds is 8. The van der Waals surface area contributed by atoms with Crippen molar-refractivity contribution in [2.24, 2.45) is 0 Å². The second kappa shape index (κ2) is 8.22. The summed E-state index contributed by atoms with van der Waals surface area (Å²) < 4.78 is 38.3. The Kier molecular flexibility index (Phi) is 6.95. The van der Waals surface area contributed by atoms with Crippen LogP contribution in [-0.2, 0) is 0 Å². The second-order valence-electron chi connectivity index (χ2n) is 5.13. The van der Waals surface area contributed by atoms with Gasteiger partial charge in [0, 0.05) is 24.3 Å². The Morgan fingerprint density at radius 1 is 1.29 bits per heavy atom. The molecule has 1 N–H and O–H groups in total. The predicted molar refractivity (Wildman–Crippen MR) is 79.5 cm³/mol. The fourth-order valence-electron chi connectivity index (χ4n) is 2.23. The van der Waals surface area contributed by atoms with Crippen molar-refractivity contribution in [3.8, 4) is 0 Å². The number of nitrogens with one attached hydrogen (secondary N) is 1.